The Kier molecular flexibility index (Phi) is 5.58. The number of H-pyrrole nitrogens is 1. The fourth-order valence-corrected chi connectivity index (χ4v) is 5.03. The number of amides is 1. The van der Waals surface area contributed by atoms with Crippen molar-refractivity contribution >= 4 is 11.7 Å². The lowest BCUT2D eigenvalue weighted by molar-refractivity contribution is 0.0937. The van der Waals surface area contributed by atoms with Crippen LogP contribution in [0.25, 0.3) is 0 Å². The summed E-state index contributed by atoms with van der Waals surface area (Å²) in [4.78, 5) is 28.3. The lowest BCUT2D eigenvalue weighted by Crippen LogP contribution is -2.39. The lowest BCUT2D eigenvalue weighted by Gasteiger charge is -2.31. The molecular weight excluding hydrogens is 380 g/mol. The van der Waals surface area contributed by atoms with Gasteiger partial charge in [-0.2, -0.15) is 0 Å². The monoisotopic (exact) mass is 410 g/mol. The first-order chi connectivity index (χ1) is 14.4. The molecule has 2 N–H and O–H groups in total. The summed E-state index contributed by atoms with van der Waals surface area (Å²) in [6.45, 7) is 7.06. The lowest BCUT2D eigenvalue weighted by atomic mass is 9.78. The second-order valence-corrected chi connectivity index (χ2v) is 8.42. The summed E-state index contributed by atoms with van der Waals surface area (Å²) >= 11 is 0. The summed E-state index contributed by atoms with van der Waals surface area (Å²) < 4.78 is 11.4. The zero-order valence-corrected chi connectivity index (χ0v) is 18.0. The number of ketones is 1. The van der Waals surface area contributed by atoms with Gasteiger partial charge in [0, 0.05) is 23.2 Å². The predicted octanol–water partition coefficient (Wildman–Crippen LogP) is 4.10. The predicted molar refractivity (Wildman–Crippen MR) is 115 cm³/mol. The van der Waals surface area contributed by atoms with E-state index in [0.717, 1.165) is 48.4 Å². The highest BCUT2D eigenvalue weighted by atomic mass is 16.6. The van der Waals surface area contributed by atoms with E-state index in [0.29, 0.717) is 37.4 Å². The van der Waals surface area contributed by atoms with E-state index in [1.54, 1.807) is 6.92 Å². The minimum absolute atomic E-state index is 0.0109. The Morgan fingerprint density at radius 2 is 1.83 bits per heavy atom. The Balaban J connectivity index is 1.57. The molecule has 0 spiro atoms. The molecule has 4 rings (SSSR count). The Hall–Kier alpha value is -2.76. The van der Waals surface area contributed by atoms with Crippen molar-refractivity contribution in [2.24, 2.45) is 0 Å². The molecule has 0 radical (unpaired) electrons. The van der Waals surface area contributed by atoms with Crippen LogP contribution in [0.3, 0.4) is 0 Å². The van der Waals surface area contributed by atoms with E-state index in [2.05, 4.69) is 22.4 Å². The molecule has 2 heterocycles. The highest BCUT2D eigenvalue weighted by Crippen LogP contribution is 2.44. The number of rotatable bonds is 6. The normalized spacial score (nSPS) is 17.0. The van der Waals surface area contributed by atoms with E-state index in [1.807, 2.05) is 19.9 Å². The van der Waals surface area contributed by atoms with Gasteiger partial charge in [0.1, 0.15) is 18.9 Å². The van der Waals surface area contributed by atoms with Crippen LogP contribution >= 0.6 is 0 Å². The van der Waals surface area contributed by atoms with E-state index in [4.69, 9.17) is 9.47 Å². The van der Waals surface area contributed by atoms with Crippen LogP contribution < -0.4 is 14.8 Å². The maximum atomic E-state index is 13.1. The first-order valence-corrected chi connectivity index (χ1v) is 10.9. The summed E-state index contributed by atoms with van der Waals surface area (Å²) in [7, 11) is 0. The molecule has 1 aromatic heterocycles. The van der Waals surface area contributed by atoms with Crippen LogP contribution in [0.5, 0.6) is 11.5 Å². The highest BCUT2D eigenvalue weighted by Gasteiger charge is 2.37. The van der Waals surface area contributed by atoms with Crippen molar-refractivity contribution in [2.75, 3.05) is 19.8 Å². The summed E-state index contributed by atoms with van der Waals surface area (Å²) in [5.74, 6) is 1.42. The van der Waals surface area contributed by atoms with Crippen LogP contribution in [0.2, 0.25) is 0 Å². The first kappa shape index (κ1) is 20.5. The van der Waals surface area contributed by atoms with Crippen LogP contribution in [0.4, 0.5) is 0 Å². The van der Waals surface area contributed by atoms with Crippen molar-refractivity contribution in [2.45, 2.75) is 58.3 Å². The molecule has 1 aliphatic carbocycles. The third kappa shape index (κ3) is 3.59. The third-order valence-corrected chi connectivity index (χ3v) is 6.53. The third-order valence-electron chi connectivity index (χ3n) is 6.53. The molecule has 1 fully saturated rings. The minimum atomic E-state index is -0.147. The summed E-state index contributed by atoms with van der Waals surface area (Å²) in [5, 5.41) is 3.16. The largest absolute Gasteiger partial charge is 0.486 e. The Morgan fingerprint density at radius 1 is 1.13 bits per heavy atom. The molecule has 30 heavy (non-hydrogen) atoms. The average molecular weight is 411 g/mol. The molecule has 2 aliphatic rings. The van der Waals surface area contributed by atoms with Gasteiger partial charge < -0.3 is 19.8 Å². The van der Waals surface area contributed by atoms with Crippen molar-refractivity contribution in [1.82, 2.24) is 10.3 Å². The van der Waals surface area contributed by atoms with Crippen LogP contribution in [0.1, 0.15) is 77.2 Å². The van der Waals surface area contributed by atoms with Crippen LogP contribution in [0, 0.1) is 6.92 Å². The van der Waals surface area contributed by atoms with Gasteiger partial charge in [-0.15, -0.1) is 0 Å². The fraction of sp³-hybridized carbons (Fsp3) is 0.500. The molecule has 0 saturated heterocycles. The standard InChI is InChI=1S/C24H30N2O4/c1-4-18-21(16(3)27)15(2)26-22(18)23(28)25-14-24(9-5-6-10-24)17-7-8-19-20(13-17)30-12-11-29-19/h7-8,13,26H,4-6,9-12,14H2,1-3H3,(H,25,28). The maximum Gasteiger partial charge on any atom is 0.268 e. The number of carbonyl (C=O) groups is 2. The number of carbonyl (C=O) groups excluding carboxylic acids is 2. The first-order valence-electron chi connectivity index (χ1n) is 10.9. The topological polar surface area (TPSA) is 80.4 Å². The molecule has 0 unspecified atom stereocenters. The fourth-order valence-electron chi connectivity index (χ4n) is 5.03. The smallest absolute Gasteiger partial charge is 0.268 e. The molecule has 1 amide bonds. The van der Waals surface area contributed by atoms with Crippen LogP contribution in [0.15, 0.2) is 18.2 Å². The van der Waals surface area contributed by atoms with E-state index in [1.165, 1.54) is 5.56 Å². The van der Waals surface area contributed by atoms with E-state index >= 15 is 0 Å². The molecule has 0 bridgehead atoms. The molecule has 6 nitrogen and oxygen atoms in total. The summed E-state index contributed by atoms with van der Waals surface area (Å²) in [6, 6.07) is 6.17. The van der Waals surface area contributed by atoms with Crippen molar-refractivity contribution in [3.05, 3.63) is 46.3 Å². The maximum absolute atomic E-state index is 13.1. The SMILES string of the molecule is CCc1c(C(=O)NCC2(c3ccc4c(c3)OCCO4)CCCC2)[nH]c(C)c1C(C)=O. The van der Waals surface area contributed by atoms with Crippen LogP contribution in [-0.4, -0.2) is 36.4 Å². The molecular formula is C24H30N2O4. The number of aryl methyl sites for hydroxylation is 1. The second kappa shape index (κ2) is 8.17. The van der Waals surface area contributed by atoms with Gasteiger partial charge in [-0.3, -0.25) is 9.59 Å². The zero-order chi connectivity index (χ0) is 21.3. The van der Waals surface area contributed by atoms with Gasteiger partial charge in [0.25, 0.3) is 5.91 Å². The summed E-state index contributed by atoms with van der Waals surface area (Å²) in [5.41, 5.74) is 3.79. The average Bonchev–Trinajstić information content (AvgIpc) is 3.36. The van der Waals surface area contributed by atoms with Gasteiger partial charge in [-0.05, 0) is 56.4 Å². The molecule has 160 valence electrons. The van der Waals surface area contributed by atoms with Crippen molar-refractivity contribution in [1.29, 1.82) is 0 Å². The molecule has 1 aliphatic heterocycles. The Morgan fingerprint density at radius 3 is 2.50 bits per heavy atom. The number of aromatic amines is 1. The molecule has 6 heteroatoms. The van der Waals surface area contributed by atoms with Gasteiger partial charge in [-0.1, -0.05) is 25.8 Å². The van der Waals surface area contributed by atoms with Gasteiger partial charge in [0.2, 0.25) is 0 Å². The summed E-state index contributed by atoms with van der Waals surface area (Å²) in [6.07, 6.45) is 4.96. The molecule has 1 aromatic carbocycles. The number of ether oxygens (including phenoxy) is 2. The number of fused-ring (bicyclic) bond motifs is 1. The highest BCUT2D eigenvalue weighted by molar-refractivity contribution is 6.02. The Bertz CT molecular complexity index is 970. The number of hydrogen-bond donors (Lipinski definition) is 2. The number of aromatic nitrogens is 1. The zero-order valence-electron chi connectivity index (χ0n) is 18.0. The second-order valence-electron chi connectivity index (χ2n) is 8.42. The van der Waals surface area contributed by atoms with E-state index < -0.39 is 0 Å². The number of Topliss-reactive ketones (excluding diaryl/α,β-unsaturated/α-hetero) is 1. The Labute approximate surface area is 177 Å². The van der Waals surface area contributed by atoms with Crippen molar-refractivity contribution < 1.29 is 19.1 Å². The van der Waals surface area contributed by atoms with Gasteiger partial charge >= 0.3 is 0 Å². The van der Waals surface area contributed by atoms with Gasteiger partial charge in [-0.25, -0.2) is 0 Å². The number of nitrogens with one attached hydrogen (secondary N) is 2. The minimum Gasteiger partial charge on any atom is -0.486 e. The van der Waals surface area contributed by atoms with Crippen LogP contribution in [-0.2, 0) is 11.8 Å². The van der Waals surface area contributed by atoms with Crippen molar-refractivity contribution in [3.63, 3.8) is 0 Å². The number of benzene rings is 1. The van der Waals surface area contributed by atoms with E-state index in [-0.39, 0.29) is 17.1 Å². The van der Waals surface area contributed by atoms with Gasteiger partial charge in [0.15, 0.2) is 17.3 Å². The molecule has 1 saturated carbocycles. The van der Waals surface area contributed by atoms with E-state index in [9.17, 15) is 9.59 Å². The number of hydrogen-bond acceptors (Lipinski definition) is 4. The van der Waals surface area contributed by atoms with Gasteiger partial charge in [0.05, 0.1) is 0 Å². The molecule has 2 aromatic rings. The van der Waals surface area contributed by atoms with Crippen molar-refractivity contribution in [3.8, 4) is 11.5 Å². The molecule has 0 atom stereocenters. The quantitative estimate of drug-likeness (QED) is 0.703.